The number of aryl methyl sites for hydroxylation is 1. The van der Waals surface area contributed by atoms with Gasteiger partial charge in [-0.15, -0.1) is 11.3 Å². The lowest BCUT2D eigenvalue weighted by molar-refractivity contribution is 0.0702. The molecule has 0 aliphatic rings. The van der Waals surface area contributed by atoms with E-state index in [0.29, 0.717) is 22.3 Å². The number of hydrogen-bond donors (Lipinski definition) is 1. The second-order valence-corrected chi connectivity index (χ2v) is 6.90. The minimum Gasteiger partial charge on any atom is -0.477 e. The van der Waals surface area contributed by atoms with E-state index in [0.717, 1.165) is 10.4 Å². The molecule has 0 amide bonds. The lowest BCUT2D eigenvalue weighted by atomic mass is 10.3. The molecule has 3 nitrogen and oxygen atoms in total. The van der Waals surface area contributed by atoms with Gasteiger partial charge in [-0.2, -0.15) is 0 Å². The molecule has 16 heavy (non-hydrogen) atoms. The summed E-state index contributed by atoms with van der Waals surface area (Å²) in [6.07, 6.45) is 0. The molecule has 0 fully saturated rings. The fraction of sp³-hybridized carbons (Fsp3) is 0.545. The third kappa shape index (κ3) is 3.72. The molecule has 0 saturated heterocycles. The average molecular weight is 260 g/mol. The number of carboxylic acid groups (broad SMARTS) is 1. The van der Waals surface area contributed by atoms with Gasteiger partial charge in [0.2, 0.25) is 0 Å². The maximum absolute atomic E-state index is 11.7. The molecule has 0 radical (unpaired) electrons. The van der Waals surface area contributed by atoms with Crippen LogP contribution >= 0.6 is 11.3 Å². The van der Waals surface area contributed by atoms with Gasteiger partial charge in [0.15, 0.2) is 0 Å². The quantitative estimate of drug-likeness (QED) is 0.885. The molecule has 0 aliphatic carbocycles. The van der Waals surface area contributed by atoms with Crippen LogP contribution in [-0.2, 0) is 16.6 Å². The van der Waals surface area contributed by atoms with Gasteiger partial charge in [0.1, 0.15) is 4.88 Å². The van der Waals surface area contributed by atoms with Crippen molar-refractivity contribution in [3.05, 3.63) is 21.4 Å². The van der Waals surface area contributed by atoms with Crippen molar-refractivity contribution in [1.29, 1.82) is 0 Å². The predicted octanol–water partition coefficient (Wildman–Crippen LogP) is 2.66. The van der Waals surface area contributed by atoms with Crippen LogP contribution < -0.4 is 0 Å². The van der Waals surface area contributed by atoms with E-state index in [9.17, 15) is 9.00 Å². The van der Waals surface area contributed by atoms with Gasteiger partial charge in [-0.1, -0.05) is 13.8 Å². The van der Waals surface area contributed by atoms with Crippen LogP contribution in [0.5, 0.6) is 0 Å². The van der Waals surface area contributed by atoms with Crippen molar-refractivity contribution in [3.8, 4) is 0 Å². The molecule has 1 heterocycles. The van der Waals surface area contributed by atoms with Crippen LogP contribution in [0.4, 0.5) is 0 Å². The third-order valence-corrected chi connectivity index (χ3v) is 4.82. The molecule has 90 valence electrons. The Morgan fingerprint density at radius 2 is 2.19 bits per heavy atom. The van der Waals surface area contributed by atoms with Crippen molar-refractivity contribution in [1.82, 2.24) is 0 Å². The molecule has 0 saturated carbocycles. The SMILES string of the molecule is Cc1sc(C(=O)O)cc1CS(=O)CC(C)C. The summed E-state index contributed by atoms with van der Waals surface area (Å²) in [5, 5.41) is 8.84. The first-order valence-corrected chi connectivity index (χ1v) is 7.38. The molecular weight excluding hydrogens is 244 g/mol. The van der Waals surface area contributed by atoms with Crippen molar-refractivity contribution < 1.29 is 14.1 Å². The van der Waals surface area contributed by atoms with Crippen molar-refractivity contribution in [2.75, 3.05) is 5.75 Å². The van der Waals surface area contributed by atoms with E-state index in [-0.39, 0.29) is 0 Å². The first-order valence-electron chi connectivity index (χ1n) is 5.07. The largest absolute Gasteiger partial charge is 0.477 e. The normalized spacial score (nSPS) is 13.0. The van der Waals surface area contributed by atoms with Gasteiger partial charge < -0.3 is 5.11 Å². The Kier molecular flexibility index (Phi) is 4.68. The summed E-state index contributed by atoms with van der Waals surface area (Å²) in [6.45, 7) is 5.93. The zero-order chi connectivity index (χ0) is 12.3. The van der Waals surface area contributed by atoms with Crippen LogP contribution in [0.25, 0.3) is 0 Å². The molecule has 1 unspecified atom stereocenters. The summed E-state index contributed by atoms with van der Waals surface area (Å²) in [7, 11) is -0.898. The van der Waals surface area contributed by atoms with Crippen molar-refractivity contribution in [2.24, 2.45) is 5.92 Å². The number of rotatable bonds is 5. The van der Waals surface area contributed by atoms with Gasteiger partial charge in [-0.3, -0.25) is 4.21 Å². The number of hydrogen-bond acceptors (Lipinski definition) is 3. The maximum atomic E-state index is 11.7. The van der Waals surface area contributed by atoms with E-state index in [4.69, 9.17) is 5.11 Å². The van der Waals surface area contributed by atoms with Gasteiger partial charge in [-0.25, -0.2) is 4.79 Å². The Bertz CT molecular complexity index is 407. The smallest absolute Gasteiger partial charge is 0.345 e. The van der Waals surface area contributed by atoms with E-state index in [1.807, 2.05) is 20.8 Å². The highest BCUT2D eigenvalue weighted by atomic mass is 32.2. The summed E-state index contributed by atoms with van der Waals surface area (Å²) in [6, 6.07) is 1.64. The second kappa shape index (κ2) is 5.59. The van der Waals surface area contributed by atoms with Crippen LogP contribution in [0, 0.1) is 12.8 Å². The van der Waals surface area contributed by atoms with E-state index in [1.165, 1.54) is 11.3 Å². The summed E-state index contributed by atoms with van der Waals surface area (Å²) in [5.41, 5.74) is 0.904. The number of thiophene rings is 1. The Hall–Kier alpha value is -0.680. The van der Waals surface area contributed by atoms with E-state index < -0.39 is 16.8 Å². The summed E-state index contributed by atoms with van der Waals surface area (Å²) >= 11 is 1.25. The molecule has 1 atom stereocenters. The summed E-state index contributed by atoms with van der Waals surface area (Å²) in [4.78, 5) is 12.0. The lowest BCUT2D eigenvalue weighted by Crippen LogP contribution is -2.06. The Labute approximate surface area is 102 Å². The van der Waals surface area contributed by atoms with Crippen LogP contribution in [0.2, 0.25) is 0 Å². The molecule has 1 aromatic rings. The molecule has 1 N–H and O–H groups in total. The average Bonchev–Trinajstić information content (AvgIpc) is 2.46. The number of carbonyl (C=O) groups is 1. The molecule has 0 aromatic carbocycles. The molecule has 0 bridgehead atoms. The summed E-state index contributed by atoms with van der Waals surface area (Å²) in [5.74, 6) is 0.624. The van der Waals surface area contributed by atoms with Crippen molar-refractivity contribution >= 4 is 28.1 Å². The second-order valence-electron chi connectivity index (χ2n) is 4.14. The lowest BCUT2D eigenvalue weighted by Gasteiger charge is -2.04. The molecule has 1 aromatic heterocycles. The number of aromatic carboxylic acids is 1. The fourth-order valence-corrected chi connectivity index (χ4v) is 3.85. The minimum absolute atomic E-state index is 0.328. The van der Waals surface area contributed by atoms with Crippen molar-refractivity contribution in [3.63, 3.8) is 0 Å². The maximum Gasteiger partial charge on any atom is 0.345 e. The first-order chi connectivity index (χ1) is 7.40. The Morgan fingerprint density at radius 3 is 2.62 bits per heavy atom. The third-order valence-electron chi connectivity index (χ3n) is 2.07. The van der Waals surface area contributed by atoms with Crippen LogP contribution in [0.3, 0.4) is 0 Å². The van der Waals surface area contributed by atoms with Gasteiger partial charge in [0, 0.05) is 27.2 Å². The molecule has 0 spiro atoms. The monoisotopic (exact) mass is 260 g/mol. The Morgan fingerprint density at radius 1 is 1.56 bits per heavy atom. The highest BCUT2D eigenvalue weighted by molar-refractivity contribution is 7.84. The van der Waals surface area contributed by atoms with Crippen LogP contribution in [0.15, 0.2) is 6.07 Å². The van der Waals surface area contributed by atoms with E-state index in [2.05, 4.69) is 0 Å². The van der Waals surface area contributed by atoms with E-state index in [1.54, 1.807) is 6.07 Å². The van der Waals surface area contributed by atoms with Crippen molar-refractivity contribution in [2.45, 2.75) is 26.5 Å². The van der Waals surface area contributed by atoms with Crippen LogP contribution in [0.1, 0.15) is 34.0 Å². The zero-order valence-electron chi connectivity index (χ0n) is 9.65. The van der Waals surface area contributed by atoms with Gasteiger partial charge in [0.25, 0.3) is 0 Å². The predicted molar refractivity (Wildman–Crippen MR) is 67.6 cm³/mol. The van der Waals surface area contributed by atoms with Gasteiger partial charge in [0.05, 0.1) is 0 Å². The van der Waals surface area contributed by atoms with Gasteiger partial charge in [-0.05, 0) is 24.5 Å². The minimum atomic E-state index is -0.908. The standard InChI is InChI=1S/C11H16O3S2/c1-7(2)5-16(14)6-9-4-10(11(12)13)15-8(9)3/h4,7H,5-6H2,1-3H3,(H,12,13). The highest BCUT2D eigenvalue weighted by Crippen LogP contribution is 2.23. The highest BCUT2D eigenvalue weighted by Gasteiger charge is 2.13. The van der Waals surface area contributed by atoms with E-state index >= 15 is 0 Å². The first kappa shape index (κ1) is 13.4. The van der Waals surface area contributed by atoms with Gasteiger partial charge >= 0.3 is 5.97 Å². The molecular formula is C11H16O3S2. The topological polar surface area (TPSA) is 54.4 Å². The Balaban J connectivity index is 2.74. The summed E-state index contributed by atoms with van der Waals surface area (Å²) < 4.78 is 11.7. The zero-order valence-corrected chi connectivity index (χ0v) is 11.3. The molecule has 0 aliphatic heterocycles. The molecule has 5 heteroatoms. The number of carboxylic acids is 1. The van der Waals surface area contributed by atoms with Crippen LogP contribution in [-0.4, -0.2) is 21.0 Å². The fourth-order valence-electron chi connectivity index (χ4n) is 1.37. The molecule has 1 rings (SSSR count).